The van der Waals surface area contributed by atoms with E-state index in [9.17, 15) is 14.4 Å². The third kappa shape index (κ3) is 4.91. The summed E-state index contributed by atoms with van der Waals surface area (Å²) in [6.45, 7) is 1.53. The zero-order valence-corrected chi connectivity index (χ0v) is 20.3. The highest BCUT2D eigenvalue weighted by Gasteiger charge is 2.23. The molecule has 9 nitrogen and oxygen atoms in total. The highest BCUT2D eigenvalue weighted by Crippen LogP contribution is 2.29. The van der Waals surface area contributed by atoms with E-state index in [0.29, 0.717) is 37.8 Å². The van der Waals surface area contributed by atoms with Gasteiger partial charge in [-0.2, -0.15) is 0 Å². The van der Waals surface area contributed by atoms with Gasteiger partial charge in [0.2, 0.25) is 5.91 Å². The molecule has 2 amide bonds. The Morgan fingerprint density at radius 2 is 1.94 bits per heavy atom. The minimum atomic E-state index is -0.408. The first-order valence-corrected chi connectivity index (χ1v) is 12.0. The van der Waals surface area contributed by atoms with Crippen LogP contribution >= 0.6 is 11.3 Å². The van der Waals surface area contributed by atoms with Crippen LogP contribution in [0.15, 0.2) is 29.3 Å². The molecule has 1 saturated carbocycles. The van der Waals surface area contributed by atoms with Crippen LogP contribution in [0.4, 0.5) is 5.69 Å². The van der Waals surface area contributed by atoms with Gasteiger partial charge in [0.1, 0.15) is 22.9 Å². The summed E-state index contributed by atoms with van der Waals surface area (Å²) in [5, 5.41) is 6.22. The third-order valence-electron chi connectivity index (χ3n) is 6.06. The molecule has 0 spiro atoms. The molecule has 1 fully saturated rings. The standard InChI is InChI=1S/C24H28N4O5S/c1-14-20-23(34-21(14)22(30)26-15-7-5-4-6-8-15)25-13-28(24(20)31)12-19(29)27-17-10-9-16(32-2)11-18(17)33-3/h9-11,13,15H,4-8,12H2,1-3H3,(H,26,30)(H,27,29). The number of aromatic nitrogens is 2. The van der Waals surface area contributed by atoms with Crippen molar-refractivity contribution in [1.82, 2.24) is 14.9 Å². The number of fused-ring (bicyclic) bond motifs is 1. The van der Waals surface area contributed by atoms with E-state index in [0.717, 1.165) is 25.7 Å². The van der Waals surface area contributed by atoms with Crippen LogP contribution in [-0.2, 0) is 11.3 Å². The Morgan fingerprint density at radius 1 is 1.18 bits per heavy atom. The van der Waals surface area contributed by atoms with E-state index in [4.69, 9.17) is 9.47 Å². The average Bonchev–Trinajstić information content (AvgIpc) is 3.19. The normalized spacial score (nSPS) is 14.1. The van der Waals surface area contributed by atoms with Crippen molar-refractivity contribution in [1.29, 1.82) is 0 Å². The summed E-state index contributed by atoms with van der Waals surface area (Å²) in [6.07, 6.45) is 6.74. The molecule has 3 aromatic rings. The molecule has 1 aliphatic rings. The highest BCUT2D eigenvalue weighted by molar-refractivity contribution is 7.20. The molecule has 2 aromatic heterocycles. The predicted octanol–water partition coefficient (Wildman–Crippen LogP) is 3.48. The van der Waals surface area contributed by atoms with Gasteiger partial charge in [0.15, 0.2) is 0 Å². The molecule has 1 aliphatic carbocycles. The number of rotatable bonds is 7. The SMILES string of the molecule is COc1ccc(NC(=O)Cn2cnc3sc(C(=O)NC4CCCCC4)c(C)c3c2=O)c(OC)c1. The van der Waals surface area contributed by atoms with Gasteiger partial charge in [-0.1, -0.05) is 19.3 Å². The van der Waals surface area contributed by atoms with Gasteiger partial charge in [0.25, 0.3) is 11.5 Å². The molecule has 0 radical (unpaired) electrons. The number of nitrogens with zero attached hydrogens (tertiary/aromatic N) is 2. The maximum Gasteiger partial charge on any atom is 0.262 e. The number of carbonyl (C=O) groups excluding carboxylic acids is 2. The van der Waals surface area contributed by atoms with Crippen molar-refractivity contribution in [2.75, 3.05) is 19.5 Å². The number of thiophene rings is 1. The fraction of sp³-hybridized carbons (Fsp3) is 0.417. The summed E-state index contributed by atoms with van der Waals surface area (Å²) in [5.41, 5.74) is 0.702. The monoisotopic (exact) mass is 484 g/mol. The molecule has 0 saturated heterocycles. The van der Waals surface area contributed by atoms with Crippen LogP contribution in [0.25, 0.3) is 10.2 Å². The zero-order chi connectivity index (χ0) is 24.2. The van der Waals surface area contributed by atoms with Crippen LogP contribution < -0.4 is 25.7 Å². The number of nitrogens with one attached hydrogen (secondary N) is 2. The summed E-state index contributed by atoms with van der Waals surface area (Å²) in [4.78, 5) is 44.0. The molecule has 0 atom stereocenters. The minimum absolute atomic E-state index is 0.164. The van der Waals surface area contributed by atoms with Crippen LogP contribution in [0.2, 0.25) is 0 Å². The van der Waals surface area contributed by atoms with Crippen LogP contribution in [-0.4, -0.2) is 41.6 Å². The maximum atomic E-state index is 13.1. The predicted molar refractivity (Wildman–Crippen MR) is 131 cm³/mol. The number of aryl methyl sites for hydroxylation is 1. The second-order valence-electron chi connectivity index (χ2n) is 8.34. The van der Waals surface area contributed by atoms with Gasteiger partial charge in [-0.15, -0.1) is 11.3 Å². The van der Waals surface area contributed by atoms with Gasteiger partial charge < -0.3 is 20.1 Å². The Bertz CT molecular complexity index is 1280. The molecule has 10 heteroatoms. The zero-order valence-electron chi connectivity index (χ0n) is 19.5. The lowest BCUT2D eigenvalue weighted by molar-refractivity contribution is -0.116. The van der Waals surface area contributed by atoms with Crippen LogP contribution in [0.5, 0.6) is 11.5 Å². The van der Waals surface area contributed by atoms with E-state index in [1.54, 1.807) is 32.2 Å². The van der Waals surface area contributed by atoms with Crippen LogP contribution in [0.3, 0.4) is 0 Å². The molecule has 1 aromatic carbocycles. The number of benzene rings is 1. The largest absolute Gasteiger partial charge is 0.497 e. The molecule has 0 bridgehead atoms. The van der Waals surface area contributed by atoms with Gasteiger partial charge in [-0.05, 0) is 37.5 Å². The molecule has 34 heavy (non-hydrogen) atoms. The van der Waals surface area contributed by atoms with Crippen molar-refractivity contribution in [2.45, 2.75) is 51.6 Å². The van der Waals surface area contributed by atoms with Crippen molar-refractivity contribution in [3.05, 3.63) is 45.3 Å². The van der Waals surface area contributed by atoms with E-state index >= 15 is 0 Å². The third-order valence-corrected chi connectivity index (χ3v) is 7.26. The number of anilines is 1. The average molecular weight is 485 g/mol. The van der Waals surface area contributed by atoms with E-state index < -0.39 is 5.91 Å². The summed E-state index contributed by atoms with van der Waals surface area (Å²) >= 11 is 1.21. The van der Waals surface area contributed by atoms with E-state index in [1.807, 2.05) is 0 Å². The summed E-state index contributed by atoms with van der Waals surface area (Å²) in [5.74, 6) is 0.463. The van der Waals surface area contributed by atoms with Gasteiger partial charge in [-0.25, -0.2) is 4.98 Å². The lowest BCUT2D eigenvalue weighted by atomic mass is 9.95. The number of amides is 2. The van der Waals surface area contributed by atoms with Crippen molar-refractivity contribution >= 4 is 39.1 Å². The molecular weight excluding hydrogens is 456 g/mol. The molecule has 4 rings (SSSR count). The second kappa shape index (κ2) is 10.3. The lowest BCUT2D eigenvalue weighted by Crippen LogP contribution is -2.36. The van der Waals surface area contributed by atoms with Crippen molar-refractivity contribution < 1.29 is 19.1 Å². The van der Waals surface area contributed by atoms with Crippen molar-refractivity contribution in [3.63, 3.8) is 0 Å². The summed E-state index contributed by atoms with van der Waals surface area (Å²) < 4.78 is 11.7. The quantitative estimate of drug-likeness (QED) is 0.531. The van der Waals surface area contributed by atoms with Gasteiger partial charge in [0.05, 0.1) is 36.5 Å². The number of carbonyl (C=O) groups is 2. The van der Waals surface area contributed by atoms with E-state index in [1.165, 1.54) is 35.8 Å². The van der Waals surface area contributed by atoms with Gasteiger partial charge in [0, 0.05) is 12.1 Å². The summed E-state index contributed by atoms with van der Waals surface area (Å²) in [6, 6.07) is 5.20. The number of ether oxygens (including phenoxy) is 2. The minimum Gasteiger partial charge on any atom is -0.497 e. The Hall–Kier alpha value is -3.40. The first-order chi connectivity index (χ1) is 16.4. The fourth-order valence-corrected chi connectivity index (χ4v) is 5.27. The van der Waals surface area contributed by atoms with Crippen LogP contribution in [0.1, 0.15) is 47.3 Å². The Morgan fingerprint density at radius 3 is 2.65 bits per heavy atom. The molecular formula is C24H28N4O5S. The van der Waals surface area contributed by atoms with Crippen LogP contribution in [0, 0.1) is 6.92 Å². The van der Waals surface area contributed by atoms with Gasteiger partial charge >= 0.3 is 0 Å². The Kier molecular flexibility index (Phi) is 7.16. The molecule has 0 unspecified atom stereocenters. The number of hydrogen-bond donors (Lipinski definition) is 2. The summed E-state index contributed by atoms with van der Waals surface area (Å²) in [7, 11) is 3.04. The van der Waals surface area contributed by atoms with E-state index in [-0.39, 0.29) is 24.1 Å². The maximum absolute atomic E-state index is 13.1. The number of methoxy groups -OCH3 is 2. The first kappa shape index (κ1) is 23.7. The Balaban J connectivity index is 1.53. The smallest absolute Gasteiger partial charge is 0.262 e. The molecule has 180 valence electrons. The highest BCUT2D eigenvalue weighted by atomic mass is 32.1. The Labute approximate surface area is 201 Å². The number of hydrogen-bond acceptors (Lipinski definition) is 7. The second-order valence-corrected chi connectivity index (χ2v) is 9.34. The topological polar surface area (TPSA) is 112 Å². The molecule has 2 N–H and O–H groups in total. The van der Waals surface area contributed by atoms with E-state index in [2.05, 4.69) is 15.6 Å². The lowest BCUT2D eigenvalue weighted by Gasteiger charge is -2.22. The molecule has 2 heterocycles. The van der Waals surface area contributed by atoms with Crippen molar-refractivity contribution in [3.8, 4) is 11.5 Å². The fourth-order valence-electron chi connectivity index (χ4n) is 4.23. The van der Waals surface area contributed by atoms with Gasteiger partial charge in [-0.3, -0.25) is 19.0 Å². The first-order valence-electron chi connectivity index (χ1n) is 11.2. The molecule has 0 aliphatic heterocycles. The van der Waals surface area contributed by atoms with Crippen molar-refractivity contribution in [2.24, 2.45) is 0 Å².